The molecule has 0 bridgehead atoms. The number of nitrogens with zero attached hydrogens (tertiary/aromatic N) is 1. The van der Waals surface area contributed by atoms with Gasteiger partial charge in [-0.15, -0.1) is 0 Å². The molecule has 1 nitrogen and oxygen atoms in total. The molecular formula is C27H29N. The van der Waals surface area contributed by atoms with Crippen molar-refractivity contribution in [3.05, 3.63) is 78.5 Å². The molecule has 3 aromatic carbocycles. The number of aryl methyl sites for hydroxylation is 1. The number of rotatable bonds is 8. The minimum atomic E-state index is 1.08. The first-order chi connectivity index (χ1) is 13.9. The van der Waals surface area contributed by atoms with Crippen molar-refractivity contribution in [1.82, 2.24) is 4.98 Å². The summed E-state index contributed by atoms with van der Waals surface area (Å²) >= 11 is 0. The summed E-state index contributed by atoms with van der Waals surface area (Å²) in [4.78, 5) is 4.72. The van der Waals surface area contributed by atoms with Gasteiger partial charge in [0.2, 0.25) is 0 Å². The number of aromatic nitrogens is 1. The van der Waals surface area contributed by atoms with Crippen LogP contribution in [0, 0.1) is 0 Å². The van der Waals surface area contributed by atoms with Crippen LogP contribution in [0.3, 0.4) is 0 Å². The van der Waals surface area contributed by atoms with E-state index in [1.54, 1.807) is 0 Å². The Morgan fingerprint density at radius 1 is 0.643 bits per heavy atom. The van der Waals surface area contributed by atoms with Crippen molar-refractivity contribution >= 4 is 21.5 Å². The highest BCUT2D eigenvalue weighted by Gasteiger charge is 2.08. The molecule has 0 amide bonds. The Bertz CT molecular complexity index is 1050. The van der Waals surface area contributed by atoms with Crippen LogP contribution in [0.4, 0.5) is 0 Å². The molecule has 0 unspecified atom stereocenters. The molecule has 1 aromatic heterocycles. The highest BCUT2D eigenvalue weighted by Crippen LogP contribution is 2.31. The van der Waals surface area contributed by atoms with Crippen molar-refractivity contribution in [3.8, 4) is 11.3 Å². The van der Waals surface area contributed by atoms with Gasteiger partial charge in [-0.25, -0.2) is 0 Å². The number of hydrogen-bond donors (Lipinski definition) is 0. The Kier molecular flexibility index (Phi) is 6.01. The fraction of sp³-hybridized carbons (Fsp3) is 0.296. The second-order valence-electron chi connectivity index (χ2n) is 7.76. The molecule has 28 heavy (non-hydrogen) atoms. The van der Waals surface area contributed by atoms with E-state index in [1.165, 1.54) is 77.6 Å². The van der Waals surface area contributed by atoms with Crippen LogP contribution in [0.5, 0.6) is 0 Å². The normalized spacial score (nSPS) is 11.3. The number of hydrogen-bond acceptors (Lipinski definition) is 1. The highest BCUT2D eigenvalue weighted by molar-refractivity contribution is 6.11. The SMILES string of the molecule is CCCCCCCCc1ccc(-c2nccc3c2ccc2ccccc23)cc1. The van der Waals surface area contributed by atoms with Gasteiger partial charge in [-0.1, -0.05) is 99.7 Å². The summed E-state index contributed by atoms with van der Waals surface area (Å²) in [7, 11) is 0. The van der Waals surface area contributed by atoms with Crippen LogP contribution in [-0.4, -0.2) is 4.98 Å². The minimum Gasteiger partial charge on any atom is -0.256 e. The fourth-order valence-corrected chi connectivity index (χ4v) is 4.11. The van der Waals surface area contributed by atoms with E-state index in [0.29, 0.717) is 0 Å². The first kappa shape index (κ1) is 18.7. The van der Waals surface area contributed by atoms with Crippen molar-refractivity contribution in [1.29, 1.82) is 0 Å². The second kappa shape index (κ2) is 9.01. The van der Waals surface area contributed by atoms with Gasteiger partial charge in [-0.2, -0.15) is 0 Å². The molecule has 4 aromatic rings. The Balaban J connectivity index is 1.53. The molecule has 0 aliphatic carbocycles. The van der Waals surface area contributed by atoms with E-state index in [4.69, 9.17) is 4.98 Å². The summed E-state index contributed by atoms with van der Waals surface area (Å²) < 4.78 is 0. The van der Waals surface area contributed by atoms with Gasteiger partial charge in [0, 0.05) is 17.1 Å². The lowest BCUT2D eigenvalue weighted by atomic mass is 9.97. The molecule has 0 radical (unpaired) electrons. The largest absolute Gasteiger partial charge is 0.256 e. The number of pyridine rings is 1. The van der Waals surface area contributed by atoms with Gasteiger partial charge < -0.3 is 0 Å². The molecule has 0 atom stereocenters. The average Bonchev–Trinajstić information content (AvgIpc) is 2.76. The van der Waals surface area contributed by atoms with Crippen LogP contribution in [0.1, 0.15) is 51.0 Å². The van der Waals surface area contributed by atoms with Gasteiger partial charge in [0.15, 0.2) is 0 Å². The van der Waals surface area contributed by atoms with E-state index in [-0.39, 0.29) is 0 Å². The molecule has 0 saturated heterocycles. The Labute approximate surface area is 168 Å². The maximum absolute atomic E-state index is 4.72. The quantitative estimate of drug-likeness (QED) is 0.227. The zero-order valence-corrected chi connectivity index (χ0v) is 16.8. The maximum atomic E-state index is 4.72. The van der Waals surface area contributed by atoms with Crippen molar-refractivity contribution in [2.24, 2.45) is 0 Å². The smallest absolute Gasteiger partial charge is 0.0780 e. The van der Waals surface area contributed by atoms with Crippen molar-refractivity contribution < 1.29 is 0 Å². The summed E-state index contributed by atoms with van der Waals surface area (Å²) in [6.45, 7) is 2.27. The van der Waals surface area contributed by atoms with Gasteiger partial charge in [0.25, 0.3) is 0 Å². The molecule has 0 N–H and O–H groups in total. The molecule has 142 valence electrons. The van der Waals surface area contributed by atoms with Crippen LogP contribution >= 0.6 is 0 Å². The number of fused-ring (bicyclic) bond motifs is 3. The lowest BCUT2D eigenvalue weighted by Gasteiger charge is -2.09. The third-order valence-electron chi connectivity index (χ3n) is 5.72. The Morgan fingerprint density at radius 2 is 1.43 bits per heavy atom. The standard InChI is InChI=1S/C27H29N/c1-2-3-4-5-6-7-10-21-13-15-23(16-14-21)27-26-18-17-22-11-8-9-12-24(22)25(26)19-20-28-27/h8-9,11-20H,2-7,10H2,1H3. The maximum Gasteiger partial charge on any atom is 0.0780 e. The zero-order chi connectivity index (χ0) is 19.2. The van der Waals surface area contributed by atoms with Gasteiger partial charge in [-0.3, -0.25) is 4.98 Å². The van der Waals surface area contributed by atoms with Crippen molar-refractivity contribution in [3.63, 3.8) is 0 Å². The number of benzene rings is 3. The van der Waals surface area contributed by atoms with Gasteiger partial charge in [-0.05, 0) is 40.6 Å². The molecule has 0 aliphatic rings. The summed E-state index contributed by atoms with van der Waals surface area (Å²) in [5.74, 6) is 0. The summed E-state index contributed by atoms with van der Waals surface area (Å²) in [6, 6.07) is 24.2. The van der Waals surface area contributed by atoms with Crippen LogP contribution in [0.2, 0.25) is 0 Å². The molecule has 0 saturated carbocycles. The highest BCUT2D eigenvalue weighted by atomic mass is 14.7. The van der Waals surface area contributed by atoms with Gasteiger partial charge >= 0.3 is 0 Å². The average molecular weight is 368 g/mol. The van der Waals surface area contributed by atoms with Crippen LogP contribution in [0.25, 0.3) is 32.8 Å². The minimum absolute atomic E-state index is 1.08. The Hall–Kier alpha value is -2.67. The lowest BCUT2D eigenvalue weighted by Crippen LogP contribution is -1.89. The van der Waals surface area contributed by atoms with E-state index in [2.05, 4.69) is 73.7 Å². The third kappa shape index (κ3) is 4.09. The fourth-order valence-electron chi connectivity index (χ4n) is 4.11. The molecule has 0 spiro atoms. The van der Waals surface area contributed by atoms with Crippen LogP contribution in [0.15, 0.2) is 72.9 Å². The van der Waals surface area contributed by atoms with Crippen LogP contribution in [-0.2, 0) is 6.42 Å². The molecule has 0 fully saturated rings. The Morgan fingerprint density at radius 3 is 2.29 bits per heavy atom. The molecule has 4 rings (SSSR count). The van der Waals surface area contributed by atoms with Gasteiger partial charge in [0.05, 0.1) is 5.69 Å². The molecule has 1 heteroatoms. The predicted octanol–water partition coefficient (Wildman–Crippen LogP) is 7.96. The van der Waals surface area contributed by atoms with E-state index in [0.717, 1.165) is 5.69 Å². The van der Waals surface area contributed by atoms with E-state index in [1.807, 2.05) is 6.20 Å². The first-order valence-corrected chi connectivity index (χ1v) is 10.7. The molecule has 1 heterocycles. The molecule has 0 aliphatic heterocycles. The summed E-state index contributed by atoms with van der Waals surface area (Å²) in [6.07, 6.45) is 11.2. The monoisotopic (exact) mass is 367 g/mol. The topological polar surface area (TPSA) is 12.9 Å². The van der Waals surface area contributed by atoms with Gasteiger partial charge in [0.1, 0.15) is 0 Å². The molecular weight excluding hydrogens is 338 g/mol. The van der Waals surface area contributed by atoms with E-state index in [9.17, 15) is 0 Å². The van der Waals surface area contributed by atoms with E-state index >= 15 is 0 Å². The van der Waals surface area contributed by atoms with Crippen molar-refractivity contribution in [2.75, 3.05) is 0 Å². The van der Waals surface area contributed by atoms with Crippen LogP contribution < -0.4 is 0 Å². The van der Waals surface area contributed by atoms with Crippen molar-refractivity contribution in [2.45, 2.75) is 51.9 Å². The zero-order valence-electron chi connectivity index (χ0n) is 16.8. The number of unbranched alkanes of at least 4 members (excludes halogenated alkanes) is 5. The first-order valence-electron chi connectivity index (χ1n) is 10.7. The van der Waals surface area contributed by atoms with E-state index < -0.39 is 0 Å². The third-order valence-corrected chi connectivity index (χ3v) is 5.72. The lowest BCUT2D eigenvalue weighted by molar-refractivity contribution is 0.607. The predicted molar refractivity (Wildman–Crippen MR) is 122 cm³/mol. The summed E-state index contributed by atoms with van der Waals surface area (Å²) in [5.41, 5.74) is 3.71. The second-order valence-corrected chi connectivity index (χ2v) is 7.76. The summed E-state index contributed by atoms with van der Waals surface area (Å²) in [5, 5.41) is 5.08.